The molecular formula is C76H116N3O15PS. The molecular weight excluding hydrogens is 1260 g/mol. The van der Waals surface area contributed by atoms with Crippen LogP contribution in [0.5, 0.6) is 5.75 Å². The van der Waals surface area contributed by atoms with Crippen molar-refractivity contribution in [3.63, 3.8) is 0 Å². The topological polar surface area (TPSA) is 263 Å². The highest BCUT2D eigenvalue weighted by Crippen LogP contribution is 2.41. The number of thiocarbonyl (C=S) groups is 1. The number of benzene rings is 3. The molecule has 96 heavy (non-hydrogen) atoms. The van der Waals surface area contributed by atoms with Crippen LogP contribution in [0.4, 0.5) is 5.69 Å². The van der Waals surface area contributed by atoms with Crippen molar-refractivity contribution >= 4 is 71.4 Å². The highest BCUT2D eigenvalue weighted by molar-refractivity contribution is 7.80. The molecule has 2 aliphatic rings. The van der Waals surface area contributed by atoms with E-state index in [1.54, 1.807) is 25.3 Å². The summed E-state index contributed by atoms with van der Waals surface area (Å²) in [6.07, 6.45) is 46.5. The van der Waals surface area contributed by atoms with Crippen molar-refractivity contribution in [1.29, 1.82) is 0 Å². The third-order valence-corrected chi connectivity index (χ3v) is 16.9. The molecule has 2 atom stereocenters. The Bertz CT molecular complexity index is 2920. The Morgan fingerprint density at radius 3 is 1.67 bits per heavy atom. The lowest BCUT2D eigenvalue weighted by atomic mass is 9.93. The van der Waals surface area contributed by atoms with Gasteiger partial charge >= 0.3 is 25.7 Å². The molecule has 0 bridgehead atoms. The number of esters is 2. The van der Waals surface area contributed by atoms with Crippen molar-refractivity contribution in [1.82, 2.24) is 10.6 Å². The zero-order valence-corrected chi connectivity index (χ0v) is 60.1. The molecule has 0 saturated heterocycles. The summed E-state index contributed by atoms with van der Waals surface area (Å²) in [6, 6.07) is 17.6. The molecule has 2 unspecified atom stereocenters. The highest BCUT2D eigenvalue weighted by atomic mass is 32.1. The number of ketones is 1. The van der Waals surface area contributed by atoms with Crippen LogP contribution in [-0.2, 0) is 52.1 Å². The Balaban J connectivity index is 0.000000628. The molecule has 0 fully saturated rings. The van der Waals surface area contributed by atoms with Crippen molar-refractivity contribution in [2.45, 2.75) is 258 Å². The number of carbonyl (C=O) groups excluding carboxylic acids is 6. The van der Waals surface area contributed by atoms with Crippen molar-refractivity contribution < 1.29 is 66.5 Å². The van der Waals surface area contributed by atoms with Crippen molar-refractivity contribution in [2.24, 2.45) is 0 Å². The van der Waals surface area contributed by atoms with Gasteiger partial charge in [-0.2, -0.15) is 9.59 Å². The van der Waals surface area contributed by atoms with Crippen LogP contribution in [0.15, 0.2) is 94.2 Å². The molecule has 1 aliphatic heterocycles. The van der Waals surface area contributed by atoms with Crippen LogP contribution in [0.1, 0.15) is 251 Å². The van der Waals surface area contributed by atoms with E-state index in [9.17, 15) is 38.5 Å². The van der Waals surface area contributed by atoms with Gasteiger partial charge in [-0.3, -0.25) is 28.5 Å². The fourth-order valence-electron chi connectivity index (χ4n) is 10.7. The van der Waals surface area contributed by atoms with Gasteiger partial charge in [0.2, 0.25) is 5.91 Å². The van der Waals surface area contributed by atoms with Gasteiger partial charge in [0.25, 0.3) is 0 Å². The fourth-order valence-corrected chi connectivity index (χ4v) is 11.3. The number of methoxy groups -OCH3 is 1. The van der Waals surface area contributed by atoms with E-state index < -0.39 is 19.7 Å². The number of hydrogen-bond donors (Lipinski definition) is 5. The number of aromatic hydroxyl groups is 1. The third kappa shape index (κ3) is 45.2. The Morgan fingerprint density at radius 1 is 0.604 bits per heavy atom. The number of unbranched alkanes of at least 4 members (excludes halogenated alkanes) is 25. The number of nitrogens with one attached hydrogen (secondary N) is 3. The van der Waals surface area contributed by atoms with Crippen molar-refractivity contribution in [2.75, 3.05) is 52.0 Å². The second-order valence-electron chi connectivity index (χ2n) is 24.7. The Labute approximate surface area is 578 Å². The standard InChI is InChI=1S/C40H75O7P.C35H41N3O6S.CO2/c1-4-6-8-10-12-14-16-18-20-22-24-26-28-30-32-34-39(41)45-36-38(37-46-48(3,43)44)47-40(42)35-33-31-29-27-25-23-21-19-17-15-13-11-9-7-5-2;1-43-21-7-9-26(39)8-3-4-10-33(42)36-19-5-2-6-20-37-35(45)38-25-13-11-24(12-14-25)34-29-17-15-27(40)22-31(29)44-32-23-28(41)16-18-30(32)34;2-1-3/h18-21,38H,4-17,22-37H2,1-3H3,(H,43,44);11-18,22-23,40H,2-10,19-21H2,1H3,(H,36,42)(H2,37,38,45);/b20-18-,21-19-;;. The molecule has 2 aromatic rings. The summed E-state index contributed by atoms with van der Waals surface area (Å²) in [5.41, 5.74) is 3.84. The molecule has 0 spiro atoms. The van der Waals surface area contributed by atoms with Gasteiger partial charge in [0, 0.05) is 99.9 Å². The highest BCUT2D eigenvalue weighted by Gasteiger charge is 2.22. The van der Waals surface area contributed by atoms with Gasteiger partial charge < -0.3 is 49.1 Å². The van der Waals surface area contributed by atoms with Crippen LogP contribution in [0.2, 0.25) is 0 Å². The number of allylic oxidation sites excluding steroid dienone is 4. The Kier molecular flexibility index (Phi) is 50.6. The van der Waals surface area contributed by atoms with Crippen LogP contribution >= 0.6 is 19.8 Å². The van der Waals surface area contributed by atoms with E-state index in [-0.39, 0.29) is 54.6 Å². The molecule has 18 nitrogen and oxygen atoms in total. The molecule has 20 heteroatoms. The molecule has 5 N–H and O–H groups in total. The average molecular weight is 1370 g/mol. The molecule has 536 valence electrons. The number of anilines is 1. The lowest BCUT2D eigenvalue weighted by Gasteiger charge is -2.19. The number of rotatable bonds is 53. The third-order valence-electron chi connectivity index (χ3n) is 16.0. The fraction of sp³-hybridized carbons (Fsp3) is 0.618. The van der Waals surface area contributed by atoms with Crippen LogP contribution < -0.4 is 21.4 Å². The summed E-state index contributed by atoms with van der Waals surface area (Å²) in [4.78, 5) is 86.2. The maximum atomic E-state index is 12.4. The molecule has 0 aromatic heterocycles. The minimum Gasteiger partial charge on any atom is -0.508 e. The second kappa shape index (κ2) is 56.7. The molecule has 0 radical (unpaired) electrons. The zero-order valence-electron chi connectivity index (χ0n) is 58.4. The number of fused-ring (bicyclic) bond motifs is 2. The van der Waals surface area contributed by atoms with Gasteiger partial charge in [0.15, 0.2) is 16.6 Å². The first-order valence-electron chi connectivity index (χ1n) is 35.7. The van der Waals surface area contributed by atoms with Crippen molar-refractivity contribution in [3.8, 4) is 28.2 Å². The minimum atomic E-state index is -3.75. The summed E-state index contributed by atoms with van der Waals surface area (Å²) in [6.45, 7) is 7.08. The van der Waals surface area contributed by atoms with E-state index in [1.807, 2.05) is 30.3 Å². The smallest absolute Gasteiger partial charge is 0.373 e. The van der Waals surface area contributed by atoms with Gasteiger partial charge in [-0.05, 0) is 157 Å². The summed E-state index contributed by atoms with van der Waals surface area (Å²) in [5, 5.41) is 20.7. The number of amides is 1. The summed E-state index contributed by atoms with van der Waals surface area (Å²) < 4.78 is 38.3. The minimum absolute atomic E-state index is 0.0379. The largest absolute Gasteiger partial charge is 0.508 e. The van der Waals surface area contributed by atoms with Gasteiger partial charge in [0.1, 0.15) is 29.5 Å². The number of phenols is 1. The normalized spacial score (nSPS) is 12.1. The molecule has 0 saturated carbocycles. The quantitative estimate of drug-likeness (QED) is 0.00687. The lowest BCUT2D eigenvalue weighted by molar-refractivity contribution is -0.191. The lowest BCUT2D eigenvalue weighted by Crippen LogP contribution is -2.29. The first-order chi connectivity index (χ1) is 46.5. The molecule has 1 aliphatic carbocycles. The zero-order chi connectivity index (χ0) is 70.1. The molecule has 2 aromatic carbocycles. The predicted octanol–water partition coefficient (Wildman–Crippen LogP) is 18.2. The molecule has 4 rings (SSSR count). The maximum absolute atomic E-state index is 12.4. The van der Waals surface area contributed by atoms with Crippen LogP contribution in [0.3, 0.4) is 0 Å². The van der Waals surface area contributed by atoms with E-state index in [0.717, 1.165) is 150 Å². The summed E-state index contributed by atoms with van der Waals surface area (Å²) >= 11 is 5.47. The Hall–Kier alpha value is -6.33. The van der Waals surface area contributed by atoms with E-state index in [0.29, 0.717) is 55.3 Å². The van der Waals surface area contributed by atoms with Crippen LogP contribution in [-0.4, -0.2) is 97.7 Å². The SMILES string of the molecule is CCCCCCCC/C=C\CCCCCCCC(=O)OCC(COP(C)(=O)O)OC(=O)CCCCCCC/C=C\CCCCCCCC.COCCCC(=O)CCCCC(=O)NCCCCCNC(=S)Nc1ccc(-c2c3ccc(=O)cc-3oc3cc(O)ccc23)cc1.O=C=O. The van der Waals surface area contributed by atoms with E-state index in [4.69, 9.17) is 45.0 Å². The van der Waals surface area contributed by atoms with E-state index in [1.165, 1.54) is 108 Å². The van der Waals surface area contributed by atoms with Crippen LogP contribution in [0, 0.1) is 0 Å². The van der Waals surface area contributed by atoms with E-state index >= 15 is 0 Å². The number of phenolic OH excluding ortho intramolecular Hbond substituents is 1. The number of hydrogen-bond acceptors (Lipinski definition) is 15. The van der Waals surface area contributed by atoms with Gasteiger partial charge in [-0.25, -0.2) is 0 Å². The van der Waals surface area contributed by atoms with Gasteiger partial charge in [0.05, 0.1) is 6.61 Å². The first-order valence-corrected chi connectivity index (χ1v) is 38.2. The maximum Gasteiger partial charge on any atom is 0.373 e. The number of Topliss-reactive ketones (excluding diaryl/α,β-unsaturated/α-hetero) is 1. The predicted molar refractivity (Wildman–Crippen MR) is 388 cm³/mol. The van der Waals surface area contributed by atoms with E-state index in [2.05, 4.69) is 54.1 Å². The number of ether oxygens (including phenoxy) is 3. The summed E-state index contributed by atoms with van der Waals surface area (Å²) in [7, 11) is -2.12. The number of carbonyl (C=O) groups is 4. The Morgan fingerprint density at radius 2 is 1.10 bits per heavy atom. The van der Waals surface area contributed by atoms with Gasteiger partial charge in [-0.15, -0.1) is 0 Å². The monoisotopic (exact) mass is 1370 g/mol. The molecule has 1 amide bonds. The average Bonchev–Trinajstić information content (AvgIpc) is 0.767. The molecule has 1 heterocycles. The summed E-state index contributed by atoms with van der Waals surface area (Å²) in [5.74, 6) is 0.0638. The van der Waals surface area contributed by atoms with Crippen molar-refractivity contribution in [3.05, 3.63) is 95.2 Å². The van der Waals surface area contributed by atoms with Crippen LogP contribution in [0.25, 0.3) is 33.4 Å². The van der Waals surface area contributed by atoms with Gasteiger partial charge in [-0.1, -0.05) is 153 Å². The first kappa shape index (κ1) is 85.8. The second-order valence-corrected chi connectivity index (χ2v) is 26.9.